The summed E-state index contributed by atoms with van der Waals surface area (Å²) in [6, 6.07) is 10.3. The van der Waals surface area contributed by atoms with Gasteiger partial charge >= 0.3 is 0 Å². The molecule has 0 fully saturated rings. The maximum Gasteiger partial charge on any atom is 0.250 e. The molecular weight excluding hydrogens is 552 g/mol. The van der Waals surface area contributed by atoms with E-state index in [-0.39, 0.29) is 5.04 Å². The van der Waals surface area contributed by atoms with Crippen molar-refractivity contribution in [1.82, 2.24) is 0 Å². The molecule has 2 aromatic rings. The number of benzene rings is 2. The molecule has 0 N–H and O–H groups in total. The van der Waals surface area contributed by atoms with Gasteiger partial charge in [-0.3, -0.25) is 0 Å². The first kappa shape index (κ1) is 36.6. The Morgan fingerprint density at radius 1 is 0.628 bits per heavy atom. The van der Waals surface area contributed by atoms with Gasteiger partial charge in [0.05, 0.1) is 26.4 Å². The van der Waals surface area contributed by atoms with E-state index >= 15 is 0 Å². The third kappa shape index (κ3) is 12.5. The number of hydrogen-bond donors (Lipinski definition) is 0. The first-order chi connectivity index (χ1) is 20.6. The van der Waals surface area contributed by atoms with Gasteiger partial charge in [-0.2, -0.15) is 0 Å². The van der Waals surface area contributed by atoms with E-state index in [0.717, 1.165) is 91.2 Å². The second kappa shape index (κ2) is 18.9. The van der Waals surface area contributed by atoms with Crippen LogP contribution in [0, 0.1) is 0 Å². The van der Waals surface area contributed by atoms with Crippen LogP contribution in [0.4, 0.5) is 0 Å². The number of allylic oxidation sites excluding steroid dienone is 1. The number of ether oxygens (including phenoxy) is 4. The van der Waals surface area contributed by atoms with Gasteiger partial charge in [0, 0.05) is 17.7 Å². The Morgan fingerprint density at radius 3 is 1.70 bits per heavy atom. The van der Waals surface area contributed by atoms with E-state index in [9.17, 15) is 0 Å². The van der Waals surface area contributed by atoms with Gasteiger partial charge in [-0.15, -0.1) is 0 Å². The van der Waals surface area contributed by atoms with E-state index in [4.69, 9.17) is 23.4 Å². The van der Waals surface area contributed by atoms with Crippen LogP contribution in [0.3, 0.4) is 0 Å². The molecule has 0 aliphatic carbocycles. The van der Waals surface area contributed by atoms with Crippen LogP contribution in [-0.4, -0.2) is 34.7 Å². The summed E-state index contributed by atoms with van der Waals surface area (Å²) in [5.41, 5.74) is 2.15. The van der Waals surface area contributed by atoms with Crippen molar-refractivity contribution in [2.45, 2.75) is 124 Å². The lowest BCUT2D eigenvalue weighted by atomic mass is 10.1. The molecule has 0 radical (unpaired) electrons. The van der Waals surface area contributed by atoms with Crippen LogP contribution in [0.25, 0.3) is 6.08 Å². The van der Waals surface area contributed by atoms with E-state index in [1.165, 1.54) is 0 Å². The predicted octanol–water partition coefficient (Wildman–Crippen LogP) is 11.0. The van der Waals surface area contributed by atoms with E-state index in [1.54, 1.807) is 0 Å². The van der Waals surface area contributed by atoms with Gasteiger partial charge in [0.1, 0.15) is 17.2 Å². The van der Waals surface area contributed by atoms with Crippen molar-refractivity contribution in [3.63, 3.8) is 0 Å². The van der Waals surface area contributed by atoms with Crippen LogP contribution in [-0.2, 0) is 6.42 Å². The summed E-state index contributed by atoms with van der Waals surface area (Å²) in [6.45, 7) is 22.9. The fourth-order valence-corrected chi connectivity index (χ4v) is 5.05. The molecule has 0 saturated carbocycles. The molecule has 0 bridgehead atoms. The SMILES string of the molecule is CCCCOc1cc(OCCCC)c(C/C=C/c2ccc(OCCCC)c(OCCCC)c2)c(O[Si](C)(C)C(C)(C)C)c1. The quantitative estimate of drug-likeness (QED) is 0.104. The minimum atomic E-state index is -2.11. The second-order valence-corrected chi connectivity index (χ2v) is 17.6. The Morgan fingerprint density at radius 2 is 1.14 bits per heavy atom. The van der Waals surface area contributed by atoms with Gasteiger partial charge in [0.15, 0.2) is 11.5 Å². The smallest absolute Gasteiger partial charge is 0.250 e. The Bertz CT molecular complexity index is 1100. The molecule has 2 aromatic carbocycles. The zero-order valence-corrected chi connectivity index (χ0v) is 29.8. The topological polar surface area (TPSA) is 46.2 Å². The molecule has 2 rings (SSSR count). The van der Waals surface area contributed by atoms with Gasteiger partial charge in [-0.25, -0.2) is 0 Å². The normalized spacial score (nSPS) is 12.0. The lowest BCUT2D eigenvalue weighted by molar-refractivity contribution is 0.262. The van der Waals surface area contributed by atoms with Crippen LogP contribution in [0.15, 0.2) is 36.4 Å². The average molecular weight is 613 g/mol. The van der Waals surface area contributed by atoms with Gasteiger partial charge in [-0.05, 0) is 67.9 Å². The number of unbranched alkanes of at least 4 members (excludes halogenated alkanes) is 4. The number of rotatable bonds is 21. The van der Waals surface area contributed by atoms with Crippen molar-refractivity contribution in [1.29, 1.82) is 0 Å². The molecule has 0 aliphatic heterocycles. The molecule has 0 atom stereocenters. The Balaban J connectivity index is 2.44. The molecule has 0 amide bonds. The van der Waals surface area contributed by atoms with Crippen LogP contribution in [0.5, 0.6) is 28.7 Å². The summed E-state index contributed by atoms with van der Waals surface area (Å²) in [6.07, 6.45) is 13.5. The fourth-order valence-electron chi connectivity index (χ4n) is 4.02. The average Bonchev–Trinajstić information content (AvgIpc) is 2.95. The maximum absolute atomic E-state index is 6.94. The minimum Gasteiger partial charge on any atom is -0.543 e. The van der Waals surface area contributed by atoms with E-state index in [0.29, 0.717) is 32.8 Å². The van der Waals surface area contributed by atoms with Crippen LogP contribution < -0.4 is 23.4 Å². The largest absolute Gasteiger partial charge is 0.543 e. The Hall–Kier alpha value is -2.60. The van der Waals surface area contributed by atoms with Crippen LogP contribution in [0.1, 0.15) is 111 Å². The molecule has 0 unspecified atom stereocenters. The zero-order chi connectivity index (χ0) is 31.7. The van der Waals surface area contributed by atoms with Crippen molar-refractivity contribution in [2.75, 3.05) is 26.4 Å². The van der Waals surface area contributed by atoms with Gasteiger partial charge in [-0.1, -0.05) is 92.4 Å². The highest BCUT2D eigenvalue weighted by Gasteiger charge is 2.39. The highest BCUT2D eigenvalue weighted by molar-refractivity contribution is 6.74. The molecule has 0 aliphatic rings. The third-order valence-corrected chi connectivity index (χ3v) is 12.3. The van der Waals surface area contributed by atoms with Crippen molar-refractivity contribution in [3.8, 4) is 28.7 Å². The molecule has 0 spiro atoms. The molecule has 242 valence electrons. The summed E-state index contributed by atoms with van der Waals surface area (Å²) >= 11 is 0. The second-order valence-electron chi connectivity index (χ2n) is 12.9. The lowest BCUT2D eigenvalue weighted by Crippen LogP contribution is -2.44. The molecule has 6 heteroatoms. The zero-order valence-electron chi connectivity index (χ0n) is 28.8. The molecule has 0 saturated heterocycles. The monoisotopic (exact) mass is 612 g/mol. The number of hydrogen-bond acceptors (Lipinski definition) is 5. The van der Waals surface area contributed by atoms with E-state index in [2.05, 4.69) is 98.0 Å². The highest BCUT2D eigenvalue weighted by Crippen LogP contribution is 2.42. The summed E-state index contributed by atoms with van der Waals surface area (Å²) < 4.78 is 31.7. The van der Waals surface area contributed by atoms with Gasteiger partial charge in [0.25, 0.3) is 0 Å². The standard InChI is InChI=1S/C37H60O5Si/c1-10-14-23-38-31-28-34(40-25-16-12-3)32(35(29-31)42-43(8,9)37(5,6)7)20-18-19-30-21-22-33(39-24-15-11-2)36(27-30)41-26-17-13-4/h18-19,21-22,27-29H,10-17,20,23-26H2,1-9H3/b19-18+. The van der Waals surface area contributed by atoms with Gasteiger partial charge in [0.2, 0.25) is 8.32 Å². The highest BCUT2D eigenvalue weighted by atomic mass is 28.4. The molecule has 43 heavy (non-hydrogen) atoms. The van der Waals surface area contributed by atoms with Crippen molar-refractivity contribution < 1.29 is 23.4 Å². The summed E-state index contributed by atoms with van der Waals surface area (Å²) in [5.74, 6) is 4.17. The fraction of sp³-hybridized carbons (Fsp3) is 0.622. The van der Waals surface area contributed by atoms with Gasteiger partial charge < -0.3 is 23.4 Å². The van der Waals surface area contributed by atoms with Crippen LogP contribution in [0.2, 0.25) is 18.1 Å². The predicted molar refractivity (Wildman–Crippen MR) is 185 cm³/mol. The van der Waals surface area contributed by atoms with Crippen molar-refractivity contribution in [3.05, 3.63) is 47.5 Å². The minimum absolute atomic E-state index is 0.0670. The summed E-state index contributed by atoms with van der Waals surface area (Å²) in [4.78, 5) is 0. The third-order valence-electron chi connectivity index (χ3n) is 7.95. The molecular formula is C37H60O5Si. The Kier molecular flexibility index (Phi) is 16.1. The van der Waals surface area contributed by atoms with Crippen molar-refractivity contribution >= 4 is 14.4 Å². The Labute approximate surface area is 264 Å². The van der Waals surface area contributed by atoms with Crippen LogP contribution >= 0.6 is 0 Å². The summed E-state index contributed by atoms with van der Waals surface area (Å²) in [7, 11) is -2.11. The van der Waals surface area contributed by atoms with E-state index < -0.39 is 8.32 Å². The molecule has 0 aromatic heterocycles. The van der Waals surface area contributed by atoms with Crippen molar-refractivity contribution in [2.24, 2.45) is 0 Å². The molecule has 5 nitrogen and oxygen atoms in total. The lowest BCUT2D eigenvalue weighted by Gasteiger charge is -2.37. The van der Waals surface area contributed by atoms with E-state index in [1.807, 2.05) is 6.07 Å². The maximum atomic E-state index is 6.94. The first-order valence-corrected chi connectivity index (χ1v) is 19.6. The summed E-state index contributed by atoms with van der Waals surface area (Å²) in [5, 5.41) is 0.0670. The first-order valence-electron chi connectivity index (χ1n) is 16.7. The molecule has 0 heterocycles.